The first-order valence-electron chi connectivity index (χ1n) is 6.82. The van der Waals surface area contributed by atoms with Crippen molar-refractivity contribution < 1.29 is 22.7 Å². The first kappa shape index (κ1) is 17.1. The summed E-state index contributed by atoms with van der Waals surface area (Å²) in [5.74, 6) is 0.0338. The Kier molecular flexibility index (Phi) is 4.75. The lowest BCUT2D eigenvalue weighted by Crippen LogP contribution is -2.22. The molecule has 24 heavy (non-hydrogen) atoms. The molecule has 3 rings (SSSR count). The van der Waals surface area contributed by atoms with Crippen molar-refractivity contribution in [3.63, 3.8) is 0 Å². The summed E-state index contributed by atoms with van der Waals surface area (Å²) in [6.45, 7) is 0.365. The molecule has 0 fully saturated rings. The Balaban J connectivity index is 1.71. The number of ether oxygens (including phenoxy) is 1. The smallest absolute Gasteiger partial charge is 0.406 e. The Morgan fingerprint density at radius 3 is 2.50 bits per heavy atom. The minimum atomic E-state index is -4.70. The van der Waals surface area contributed by atoms with Crippen molar-refractivity contribution in [2.45, 2.75) is 18.9 Å². The molecule has 1 atom stereocenters. The summed E-state index contributed by atoms with van der Waals surface area (Å²) in [5.41, 5.74) is 6.52. The van der Waals surface area contributed by atoms with Crippen LogP contribution in [0.5, 0.6) is 5.75 Å². The molecule has 0 saturated heterocycles. The van der Waals surface area contributed by atoms with Crippen molar-refractivity contribution in [1.82, 2.24) is 5.06 Å². The number of hydroxylamine groups is 2. The van der Waals surface area contributed by atoms with Crippen LogP contribution in [-0.4, -0.2) is 11.4 Å². The zero-order valence-corrected chi connectivity index (χ0v) is 14.5. The van der Waals surface area contributed by atoms with Crippen molar-refractivity contribution in [3.8, 4) is 5.75 Å². The standard InChI is InChI=1S/C15H12BrF3N2O2S/c16-13-6-5-12(24-13)11-7-14(20)23-21(11)8-9-1-3-10(4-2-9)22-15(17,18)19/h1-7,11H,8,20H2. The molecule has 0 saturated carbocycles. The molecule has 9 heteroatoms. The van der Waals surface area contributed by atoms with E-state index in [0.29, 0.717) is 12.4 Å². The maximum Gasteiger partial charge on any atom is 0.573 e. The summed E-state index contributed by atoms with van der Waals surface area (Å²) in [7, 11) is 0. The van der Waals surface area contributed by atoms with E-state index >= 15 is 0 Å². The third-order valence-corrected chi connectivity index (χ3v) is 4.93. The van der Waals surface area contributed by atoms with Crippen LogP contribution in [0.4, 0.5) is 13.2 Å². The Bertz CT molecular complexity index is 746. The molecule has 0 bridgehead atoms. The Hall–Kier alpha value is -1.71. The monoisotopic (exact) mass is 420 g/mol. The molecule has 1 unspecified atom stereocenters. The molecule has 2 heterocycles. The predicted molar refractivity (Wildman–Crippen MR) is 86.8 cm³/mol. The van der Waals surface area contributed by atoms with E-state index in [4.69, 9.17) is 10.6 Å². The molecule has 1 aliphatic heterocycles. The van der Waals surface area contributed by atoms with Gasteiger partial charge < -0.3 is 15.3 Å². The van der Waals surface area contributed by atoms with Crippen molar-refractivity contribution in [2.75, 3.05) is 0 Å². The second kappa shape index (κ2) is 6.66. The van der Waals surface area contributed by atoms with Crippen molar-refractivity contribution in [1.29, 1.82) is 0 Å². The Labute approximate surface area is 148 Å². The van der Waals surface area contributed by atoms with Gasteiger partial charge in [-0.3, -0.25) is 0 Å². The first-order chi connectivity index (χ1) is 11.3. The third kappa shape index (κ3) is 4.22. The van der Waals surface area contributed by atoms with Gasteiger partial charge in [-0.05, 0) is 45.8 Å². The molecular formula is C15H12BrF3N2O2S. The van der Waals surface area contributed by atoms with E-state index in [1.807, 2.05) is 12.1 Å². The van der Waals surface area contributed by atoms with Gasteiger partial charge in [-0.2, -0.15) is 0 Å². The zero-order chi connectivity index (χ0) is 17.3. The highest BCUT2D eigenvalue weighted by atomic mass is 79.9. The molecule has 4 nitrogen and oxygen atoms in total. The highest BCUT2D eigenvalue weighted by Crippen LogP contribution is 2.36. The number of nitrogens with zero attached hydrogens (tertiary/aromatic N) is 1. The van der Waals surface area contributed by atoms with E-state index < -0.39 is 6.36 Å². The number of nitrogens with two attached hydrogens (primary N) is 1. The summed E-state index contributed by atoms with van der Waals surface area (Å²) in [6.07, 6.45) is -2.91. The highest BCUT2D eigenvalue weighted by Gasteiger charge is 2.31. The summed E-state index contributed by atoms with van der Waals surface area (Å²) < 4.78 is 41.4. The van der Waals surface area contributed by atoms with Gasteiger partial charge in [-0.25, -0.2) is 0 Å². The van der Waals surface area contributed by atoms with Crippen LogP contribution in [-0.2, 0) is 11.4 Å². The summed E-state index contributed by atoms with van der Waals surface area (Å²) >= 11 is 4.97. The predicted octanol–water partition coefficient (Wildman–Crippen LogP) is 4.70. The van der Waals surface area contributed by atoms with Gasteiger partial charge >= 0.3 is 6.36 Å². The normalized spacial score (nSPS) is 18.3. The van der Waals surface area contributed by atoms with Crippen LogP contribution in [0.1, 0.15) is 16.5 Å². The van der Waals surface area contributed by atoms with Crippen molar-refractivity contribution in [3.05, 3.63) is 62.6 Å². The van der Waals surface area contributed by atoms with Crippen LogP contribution in [0.3, 0.4) is 0 Å². The molecule has 1 aromatic carbocycles. The number of rotatable bonds is 4. The average molecular weight is 421 g/mol. The Morgan fingerprint density at radius 1 is 1.21 bits per heavy atom. The van der Waals surface area contributed by atoms with Crippen LogP contribution in [0.15, 0.2) is 52.1 Å². The maximum atomic E-state index is 12.2. The van der Waals surface area contributed by atoms with Crippen LogP contribution in [0.2, 0.25) is 0 Å². The lowest BCUT2D eigenvalue weighted by molar-refractivity contribution is -0.274. The van der Waals surface area contributed by atoms with Gasteiger partial charge in [0.05, 0.1) is 10.3 Å². The third-order valence-electron chi connectivity index (χ3n) is 3.24. The highest BCUT2D eigenvalue weighted by molar-refractivity contribution is 9.11. The number of benzene rings is 1. The minimum absolute atomic E-state index is 0.146. The molecule has 2 N–H and O–H groups in total. The molecule has 1 aliphatic rings. The lowest BCUT2D eigenvalue weighted by Gasteiger charge is -2.22. The number of hydrogen-bond acceptors (Lipinski definition) is 5. The largest absolute Gasteiger partial charge is 0.573 e. The van der Waals surface area contributed by atoms with E-state index in [1.165, 1.54) is 12.1 Å². The fourth-order valence-corrected chi connectivity index (χ4v) is 3.78. The topological polar surface area (TPSA) is 47.7 Å². The van der Waals surface area contributed by atoms with Gasteiger partial charge in [0.15, 0.2) is 0 Å². The summed E-state index contributed by atoms with van der Waals surface area (Å²) in [6, 6.07) is 9.40. The number of hydrogen-bond donors (Lipinski definition) is 1. The number of thiophene rings is 1. The van der Waals surface area contributed by atoms with Gasteiger partial charge in [0.1, 0.15) is 11.8 Å². The fourth-order valence-electron chi connectivity index (χ4n) is 2.28. The molecule has 128 valence electrons. The molecule has 0 amide bonds. The van der Waals surface area contributed by atoms with Crippen molar-refractivity contribution >= 4 is 27.3 Å². The zero-order valence-electron chi connectivity index (χ0n) is 12.1. The van der Waals surface area contributed by atoms with Crippen molar-refractivity contribution in [2.24, 2.45) is 5.73 Å². The van der Waals surface area contributed by atoms with Crippen LogP contribution < -0.4 is 10.5 Å². The SMILES string of the molecule is NC1=CC(c2ccc(Br)s2)N(Cc2ccc(OC(F)(F)F)cc2)O1. The maximum absolute atomic E-state index is 12.2. The summed E-state index contributed by atoms with van der Waals surface area (Å²) in [5, 5.41) is 1.67. The van der Waals surface area contributed by atoms with Gasteiger partial charge in [0.2, 0.25) is 5.88 Å². The van der Waals surface area contributed by atoms with E-state index in [-0.39, 0.29) is 11.8 Å². The molecule has 2 aromatic rings. The Morgan fingerprint density at radius 2 is 1.92 bits per heavy atom. The van der Waals surface area contributed by atoms with E-state index in [2.05, 4.69) is 20.7 Å². The van der Waals surface area contributed by atoms with Gasteiger partial charge in [-0.1, -0.05) is 12.1 Å². The molecule has 0 spiro atoms. The molecule has 1 aromatic heterocycles. The molecule has 0 aliphatic carbocycles. The molecular weight excluding hydrogens is 409 g/mol. The second-order valence-electron chi connectivity index (χ2n) is 5.01. The van der Waals surface area contributed by atoms with E-state index in [1.54, 1.807) is 34.6 Å². The lowest BCUT2D eigenvalue weighted by atomic mass is 10.2. The first-order valence-corrected chi connectivity index (χ1v) is 8.43. The van der Waals surface area contributed by atoms with Crippen LogP contribution >= 0.6 is 27.3 Å². The second-order valence-corrected chi connectivity index (χ2v) is 7.51. The minimum Gasteiger partial charge on any atom is -0.406 e. The van der Waals surface area contributed by atoms with Gasteiger partial charge in [0.25, 0.3) is 0 Å². The average Bonchev–Trinajstić information content (AvgIpc) is 3.05. The van der Waals surface area contributed by atoms with E-state index in [0.717, 1.165) is 14.2 Å². The number of alkyl halides is 3. The quantitative estimate of drug-likeness (QED) is 0.778. The summed E-state index contributed by atoms with van der Waals surface area (Å²) in [4.78, 5) is 6.55. The van der Waals surface area contributed by atoms with Gasteiger partial charge in [0, 0.05) is 11.0 Å². The fraction of sp³-hybridized carbons (Fsp3) is 0.200. The van der Waals surface area contributed by atoms with Gasteiger partial charge in [-0.15, -0.1) is 29.6 Å². The van der Waals surface area contributed by atoms with Crippen LogP contribution in [0.25, 0.3) is 0 Å². The van der Waals surface area contributed by atoms with E-state index in [9.17, 15) is 13.2 Å². The van der Waals surface area contributed by atoms with Crippen LogP contribution in [0, 0.1) is 0 Å². The number of halogens is 4. The molecule has 0 radical (unpaired) electrons.